The normalized spacial score (nSPS) is 10.9. The van der Waals surface area contributed by atoms with Crippen molar-refractivity contribution in [2.24, 2.45) is 0 Å². The number of halogens is 2. The van der Waals surface area contributed by atoms with Gasteiger partial charge in [-0.3, -0.25) is 15.0 Å². The van der Waals surface area contributed by atoms with Gasteiger partial charge in [0.05, 0.1) is 24.6 Å². The lowest BCUT2D eigenvalue weighted by Crippen LogP contribution is -2.28. The summed E-state index contributed by atoms with van der Waals surface area (Å²) in [4.78, 5) is 25.1. The van der Waals surface area contributed by atoms with E-state index in [9.17, 15) is 4.79 Å². The van der Waals surface area contributed by atoms with Crippen LogP contribution in [0.5, 0.6) is 0 Å². The Labute approximate surface area is 182 Å². The standard InChI is InChI=1S/C20H17Cl2N7O/c1-2-23-20(30)28-18-4-3-16-19(27-18)26-17(9-24-16)13-8-25-29(11-13)10-12-5-14(21)7-15(22)6-12/h3-9,11H,2,10H2,1H3,(H2,23,26,27,28,30). The van der Waals surface area contributed by atoms with E-state index >= 15 is 0 Å². The maximum Gasteiger partial charge on any atom is 0.320 e. The summed E-state index contributed by atoms with van der Waals surface area (Å²) in [6.07, 6.45) is 5.23. The van der Waals surface area contributed by atoms with Crippen LogP contribution < -0.4 is 10.6 Å². The van der Waals surface area contributed by atoms with Crippen molar-refractivity contribution < 1.29 is 4.79 Å². The van der Waals surface area contributed by atoms with Crippen molar-refractivity contribution in [2.45, 2.75) is 13.5 Å². The van der Waals surface area contributed by atoms with Gasteiger partial charge in [0, 0.05) is 28.4 Å². The zero-order valence-electron chi connectivity index (χ0n) is 15.9. The number of nitrogens with one attached hydrogen (secondary N) is 2. The van der Waals surface area contributed by atoms with Gasteiger partial charge < -0.3 is 5.32 Å². The second kappa shape index (κ2) is 8.64. The molecule has 3 heterocycles. The predicted octanol–water partition coefficient (Wildman–Crippen LogP) is 4.38. The third-order valence-electron chi connectivity index (χ3n) is 4.18. The molecule has 152 valence electrons. The molecule has 0 radical (unpaired) electrons. The average Bonchev–Trinajstić information content (AvgIpc) is 3.15. The highest BCUT2D eigenvalue weighted by molar-refractivity contribution is 6.34. The molecule has 0 spiro atoms. The Kier molecular flexibility index (Phi) is 5.78. The first-order chi connectivity index (χ1) is 14.5. The molecular formula is C20H17Cl2N7O. The van der Waals surface area contributed by atoms with Crippen molar-refractivity contribution in [1.29, 1.82) is 0 Å². The molecule has 4 rings (SSSR count). The lowest BCUT2D eigenvalue weighted by atomic mass is 10.2. The van der Waals surface area contributed by atoms with Crippen LogP contribution in [-0.4, -0.2) is 37.3 Å². The van der Waals surface area contributed by atoms with Crippen LogP contribution in [0.4, 0.5) is 10.6 Å². The first kappa shape index (κ1) is 20.1. The molecule has 0 fully saturated rings. The third kappa shape index (κ3) is 4.67. The first-order valence-corrected chi connectivity index (χ1v) is 9.92. The van der Waals surface area contributed by atoms with Gasteiger partial charge in [-0.15, -0.1) is 0 Å². The van der Waals surface area contributed by atoms with Crippen molar-refractivity contribution >= 4 is 46.2 Å². The van der Waals surface area contributed by atoms with Crippen LogP contribution in [-0.2, 0) is 6.54 Å². The molecule has 10 heteroatoms. The number of amides is 2. The largest absolute Gasteiger partial charge is 0.338 e. The monoisotopic (exact) mass is 441 g/mol. The summed E-state index contributed by atoms with van der Waals surface area (Å²) in [5, 5.41) is 10.9. The van der Waals surface area contributed by atoms with Gasteiger partial charge in [0.15, 0.2) is 5.65 Å². The number of urea groups is 1. The number of benzene rings is 1. The van der Waals surface area contributed by atoms with Crippen LogP contribution in [0.2, 0.25) is 10.0 Å². The van der Waals surface area contributed by atoms with E-state index in [-0.39, 0.29) is 6.03 Å². The summed E-state index contributed by atoms with van der Waals surface area (Å²) >= 11 is 12.1. The quantitative estimate of drug-likeness (QED) is 0.478. The van der Waals surface area contributed by atoms with Gasteiger partial charge in [-0.25, -0.2) is 14.8 Å². The van der Waals surface area contributed by atoms with Crippen LogP contribution in [0.25, 0.3) is 22.4 Å². The van der Waals surface area contributed by atoms with Crippen LogP contribution in [0.3, 0.4) is 0 Å². The predicted molar refractivity (Wildman–Crippen MR) is 117 cm³/mol. The number of pyridine rings is 1. The van der Waals surface area contributed by atoms with Gasteiger partial charge in [-0.2, -0.15) is 5.10 Å². The topological polar surface area (TPSA) is 97.6 Å². The zero-order chi connectivity index (χ0) is 21.1. The Bertz CT molecular complexity index is 1200. The molecule has 0 saturated carbocycles. The highest BCUT2D eigenvalue weighted by Crippen LogP contribution is 2.22. The van der Waals surface area contributed by atoms with Crippen molar-refractivity contribution in [3.05, 3.63) is 64.5 Å². The SMILES string of the molecule is CCNC(=O)Nc1ccc2ncc(-c3cnn(Cc4cc(Cl)cc(Cl)c4)c3)nc2n1. The van der Waals surface area contributed by atoms with Crippen molar-refractivity contribution in [3.8, 4) is 11.3 Å². The van der Waals surface area contributed by atoms with Gasteiger partial charge in [0.2, 0.25) is 0 Å². The van der Waals surface area contributed by atoms with E-state index in [0.29, 0.717) is 45.8 Å². The molecule has 0 atom stereocenters. The van der Waals surface area contributed by atoms with E-state index in [1.165, 1.54) is 0 Å². The average molecular weight is 442 g/mol. The Morgan fingerprint density at radius 2 is 1.90 bits per heavy atom. The molecule has 8 nitrogen and oxygen atoms in total. The van der Waals surface area contributed by atoms with Crippen LogP contribution >= 0.6 is 23.2 Å². The van der Waals surface area contributed by atoms with Gasteiger partial charge in [-0.1, -0.05) is 23.2 Å². The smallest absolute Gasteiger partial charge is 0.320 e. The van der Waals surface area contributed by atoms with Crippen molar-refractivity contribution in [3.63, 3.8) is 0 Å². The molecule has 0 bridgehead atoms. The van der Waals surface area contributed by atoms with E-state index in [1.807, 2.05) is 25.3 Å². The molecule has 4 aromatic rings. The summed E-state index contributed by atoms with van der Waals surface area (Å²) in [5.74, 6) is 0.397. The first-order valence-electron chi connectivity index (χ1n) is 9.16. The number of nitrogens with zero attached hydrogens (tertiary/aromatic N) is 5. The van der Waals surface area contributed by atoms with Crippen LogP contribution in [0.1, 0.15) is 12.5 Å². The van der Waals surface area contributed by atoms with E-state index in [4.69, 9.17) is 23.2 Å². The molecule has 1 aromatic carbocycles. The molecule has 30 heavy (non-hydrogen) atoms. The van der Waals surface area contributed by atoms with Crippen LogP contribution in [0.15, 0.2) is 48.9 Å². The number of aromatic nitrogens is 5. The number of carbonyl (C=O) groups excluding carboxylic acids is 1. The Hall–Kier alpha value is -3.23. The second-order valence-electron chi connectivity index (χ2n) is 6.48. The van der Waals surface area contributed by atoms with Crippen molar-refractivity contribution in [2.75, 3.05) is 11.9 Å². The number of hydrogen-bond donors (Lipinski definition) is 2. The fourth-order valence-corrected chi connectivity index (χ4v) is 3.47. The molecule has 0 aliphatic rings. The summed E-state index contributed by atoms with van der Waals surface area (Å²) in [5.41, 5.74) is 3.41. The number of carbonyl (C=O) groups is 1. The fraction of sp³-hybridized carbons (Fsp3) is 0.150. The lowest BCUT2D eigenvalue weighted by Gasteiger charge is -2.06. The molecule has 0 aliphatic carbocycles. The number of hydrogen-bond acceptors (Lipinski definition) is 5. The minimum absolute atomic E-state index is 0.323. The fourth-order valence-electron chi connectivity index (χ4n) is 2.90. The summed E-state index contributed by atoms with van der Waals surface area (Å²) < 4.78 is 1.77. The molecule has 2 amide bonds. The lowest BCUT2D eigenvalue weighted by molar-refractivity contribution is 0.252. The molecule has 3 aromatic heterocycles. The Balaban J connectivity index is 1.57. The van der Waals surface area contributed by atoms with Gasteiger partial charge in [-0.05, 0) is 42.8 Å². The van der Waals surface area contributed by atoms with Crippen LogP contribution in [0, 0.1) is 0 Å². The van der Waals surface area contributed by atoms with Gasteiger partial charge >= 0.3 is 6.03 Å². The maximum absolute atomic E-state index is 11.7. The van der Waals surface area contributed by atoms with Gasteiger partial charge in [0.25, 0.3) is 0 Å². The zero-order valence-corrected chi connectivity index (χ0v) is 17.4. The van der Waals surface area contributed by atoms with E-state index in [0.717, 1.165) is 11.1 Å². The number of rotatable bonds is 5. The maximum atomic E-state index is 11.7. The molecule has 0 saturated heterocycles. The Morgan fingerprint density at radius 3 is 2.67 bits per heavy atom. The third-order valence-corrected chi connectivity index (χ3v) is 4.62. The number of fused-ring (bicyclic) bond motifs is 1. The molecule has 2 N–H and O–H groups in total. The summed E-state index contributed by atoms with van der Waals surface area (Å²) in [6.45, 7) is 2.88. The summed E-state index contributed by atoms with van der Waals surface area (Å²) in [7, 11) is 0. The molecule has 0 unspecified atom stereocenters. The minimum Gasteiger partial charge on any atom is -0.338 e. The van der Waals surface area contributed by atoms with E-state index in [1.54, 1.807) is 35.3 Å². The van der Waals surface area contributed by atoms with E-state index in [2.05, 4.69) is 30.7 Å². The minimum atomic E-state index is -0.323. The second-order valence-corrected chi connectivity index (χ2v) is 7.36. The highest BCUT2D eigenvalue weighted by Gasteiger charge is 2.09. The molecular weight excluding hydrogens is 425 g/mol. The van der Waals surface area contributed by atoms with E-state index < -0.39 is 0 Å². The summed E-state index contributed by atoms with van der Waals surface area (Å²) in [6, 6.07) is 8.49. The van der Waals surface area contributed by atoms with Gasteiger partial charge in [0.1, 0.15) is 11.3 Å². The highest BCUT2D eigenvalue weighted by atomic mass is 35.5. The Morgan fingerprint density at radius 1 is 1.10 bits per heavy atom. The number of anilines is 1. The van der Waals surface area contributed by atoms with Crippen molar-refractivity contribution in [1.82, 2.24) is 30.0 Å². The molecule has 0 aliphatic heterocycles.